The molecule has 1 unspecified atom stereocenters. The molecular formula is C15H22N2O2. The van der Waals surface area contributed by atoms with Crippen LogP contribution in [0, 0.1) is 0 Å². The molecule has 4 nitrogen and oxygen atoms in total. The lowest BCUT2D eigenvalue weighted by Crippen LogP contribution is -2.45. The number of piperidine rings is 1. The van der Waals surface area contributed by atoms with Crippen LogP contribution in [0.4, 0.5) is 10.5 Å². The number of carbonyl (C=O) groups excluding carboxylic acids is 1. The third-order valence-electron chi connectivity index (χ3n) is 3.71. The van der Waals surface area contributed by atoms with Gasteiger partial charge in [-0.2, -0.15) is 0 Å². The van der Waals surface area contributed by atoms with Crippen molar-refractivity contribution in [2.75, 3.05) is 19.0 Å². The second-order valence-electron chi connectivity index (χ2n) is 4.88. The first-order valence-electron chi connectivity index (χ1n) is 6.97. The van der Waals surface area contributed by atoms with Gasteiger partial charge in [0.2, 0.25) is 0 Å². The van der Waals surface area contributed by atoms with Crippen molar-refractivity contribution in [1.29, 1.82) is 0 Å². The predicted molar refractivity (Wildman–Crippen MR) is 76.6 cm³/mol. The molecule has 1 aromatic rings. The SMILES string of the molecule is CCC1CCCCN1C(=O)Nc1ccccc1OC. The van der Waals surface area contributed by atoms with E-state index < -0.39 is 0 Å². The van der Waals surface area contributed by atoms with Crippen LogP contribution in [0.15, 0.2) is 24.3 Å². The van der Waals surface area contributed by atoms with Crippen LogP contribution < -0.4 is 10.1 Å². The number of likely N-dealkylation sites (tertiary alicyclic amines) is 1. The van der Waals surface area contributed by atoms with E-state index in [0.717, 1.165) is 31.5 Å². The predicted octanol–water partition coefficient (Wildman–Crippen LogP) is 3.49. The van der Waals surface area contributed by atoms with Gasteiger partial charge in [0.25, 0.3) is 0 Å². The molecule has 104 valence electrons. The van der Waals surface area contributed by atoms with Crippen molar-refractivity contribution in [3.8, 4) is 5.75 Å². The van der Waals surface area contributed by atoms with Crippen LogP contribution in [0.5, 0.6) is 5.75 Å². The first-order valence-corrected chi connectivity index (χ1v) is 6.97. The standard InChI is InChI=1S/C15H22N2O2/c1-3-12-8-6-7-11-17(12)15(18)16-13-9-4-5-10-14(13)19-2/h4-5,9-10,12H,3,6-8,11H2,1-2H3,(H,16,18). The first-order chi connectivity index (χ1) is 9.26. The Hall–Kier alpha value is -1.71. The minimum atomic E-state index is -0.0175. The van der Waals surface area contributed by atoms with E-state index in [1.807, 2.05) is 29.2 Å². The zero-order valence-electron chi connectivity index (χ0n) is 11.7. The van der Waals surface area contributed by atoms with E-state index in [2.05, 4.69) is 12.2 Å². The Bertz CT molecular complexity index is 434. The summed E-state index contributed by atoms with van der Waals surface area (Å²) in [6.45, 7) is 2.98. The number of nitrogens with one attached hydrogen (secondary N) is 1. The zero-order chi connectivity index (χ0) is 13.7. The number of benzene rings is 1. The number of hydrogen-bond donors (Lipinski definition) is 1. The number of ether oxygens (including phenoxy) is 1. The van der Waals surface area contributed by atoms with Gasteiger partial charge in [0.15, 0.2) is 0 Å². The van der Waals surface area contributed by atoms with E-state index in [1.54, 1.807) is 7.11 Å². The van der Waals surface area contributed by atoms with Gasteiger partial charge >= 0.3 is 6.03 Å². The van der Waals surface area contributed by atoms with E-state index in [0.29, 0.717) is 11.8 Å². The molecule has 1 N–H and O–H groups in total. The zero-order valence-corrected chi connectivity index (χ0v) is 11.7. The van der Waals surface area contributed by atoms with Crippen molar-refractivity contribution in [3.05, 3.63) is 24.3 Å². The molecule has 2 amide bonds. The van der Waals surface area contributed by atoms with Gasteiger partial charge in [-0.15, -0.1) is 0 Å². The first kappa shape index (κ1) is 13.7. The normalized spacial score (nSPS) is 19.1. The molecule has 1 saturated heterocycles. The third-order valence-corrected chi connectivity index (χ3v) is 3.71. The molecule has 0 spiro atoms. The van der Waals surface area contributed by atoms with Gasteiger partial charge in [-0.3, -0.25) is 0 Å². The topological polar surface area (TPSA) is 41.6 Å². The minimum absolute atomic E-state index is 0.0175. The van der Waals surface area contributed by atoms with Gasteiger partial charge in [-0.25, -0.2) is 4.79 Å². The molecule has 0 aromatic heterocycles. The molecule has 1 aliphatic heterocycles. The van der Waals surface area contributed by atoms with Crippen LogP contribution in [-0.2, 0) is 0 Å². The molecule has 19 heavy (non-hydrogen) atoms. The molecule has 1 fully saturated rings. The molecule has 1 atom stereocenters. The molecular weight excluding hydrogens is 240 g/mol. The van der Waals surface area contributed by atoms with Crippen molar-refractivity contribution < 1.29 is 9.53 Å². The smallest absolute Gasteiger partial charge is 0.322 e. The maximum Gasteiger partial charge on any atom is 0.322 e. The Kier molecular flexibility index (Phi) is 4.66. The second-order valence-corrected chi connectivity index (χ2v) is 4.88. The third kappa shape index (κ3) is 3.19. The number of methoxy groups -OCH3 is 1. The summed E-state index contributed by atoms with van der Waals surface area (Å²) in [4.78, 5) is 14.3. The molecule has 0 aliphatic carbocycles. The van der Waals surface area contributed by atoms with Gasteiger partial charge in [-0.1, -0.05) is 19.1 Å². The van der Waals surface area contributed by atoms with Crippen molar-refractivity contribution >= 4 is 11.7 Å². The number of anilines is 1. The summed E-state index contributed by atoms with van der Waals surface area (Å²) in [5, 5.41) is 2.96. The summed E-state index contributed by atoms with van der Waals surface area (Å²) in [5.74, 6) is 0.695. The molecule has 1 heterocycles. The van der Waals surface area contributed by atoms with Crippen LogP contribution in [0.1, 0.15) is 32.6 Å². The molecule has 2 rings (SSSR count). The second kappa shape index (κ2) is 6.45. The lowest BCUT2D eigenvalue weighted by molar-refractivity contribution is 0.160. The number of para-hydroxylation sites is 2. The number of rotatable bonds is 3. The monoisotopic (exact) mass is 262 g/mol. The van der Waals surface area contributed by atoms with E-state index >= 15 is 0 Å². The Balaban J connectivity index is 2.07. The van der Waals surface area contributed by atoms with E-state index in [1.165, 1.54) is 6.42 Å². The summed E-state index contributed by atoms with van der Waals surface area (Å²) in [5.41, 5.74) is 0.732. The average Bonchev–Trinajstić information content (AvgIpc) is 2.47. The fourth-order valence-corrected chi connectivity index (χ4v) is 2.63. The summed E-state index contributed by atoms with van der Waals surface area (Å²) < 4.78 is 5.25. The molecule has 0 bridgehead atoms. The Morgan fingerprint density at radius 1 is 1.42 bits per heavy atom. The van der Waals surface area contributed by atoms with Gasteiger partial charge in [-0.05, 0) is 37.8 Å². The summed E-state index contributed by atoms with van der Waals surface area (Å²) in [7, 11) is 1.61. The number of hydrogen-bond acceptors (Lipinski definition) is 2. The molecule has 4 heteroatoms. The average molecular weight is 262 g/mol. The van der Waals surface area contributed by atoms with E-state index in [4.69, 9.17) is 4.74 Å². The van der Waals surface area contributed by atoms with Gasteiger partial charge in [0, 0.05) is 12.6 Å². The van der Waals surface area contributed by atoms with Crippen molar-refractivity contribution in [2.45, 2.75) is 38.6 Å². The highest BCUT2D eigenvalue weighted by molar-refractivity contribution is 5.91. The van der Waals surface area contributed by atoms with Gasteiger partial charge in [0.1, 0.15) is 5.75 Å². The molecule has 0 saturated carbocycles. The molecule has 1 aromatic carbocycles. The van der Waals surface area contributed by atoms with Crippen molar-refractivity contribution in [2.24, 2.45) is 0 Å². The Morgan fingerprint density at radius 3 is 2.95 bits per heavy atom. The summed E-state index contributed by atoms with van der Waals surface area (Å²) >= 11 is 0. The lowest BCUT2D eigenvalue weighted by Gasteiger charge is -2.35. The fourth-order valence-electron chi connectivity index (χ4n) is 2.63. The van der Waals surface area contributed by atoms with Crippen LogP contribution in [0.25, 0.3) is 0 Å². The fraction of sp³-hybridized carbons (Fsp3) is 0.533. The van der Waals surface area contributed by atoms with Crippen molar-refractivity contribution in [3.63, 3.8) is 0 Å². The van der Waals surface area contributed by atoms with Crippen LogP contribution in [0.2, 0.25) is 0 Å². The highest BCUT2D eigenvalue weighted by Gasteiger charge is 2.25. The summed E-state index contributed by atoms with van der Waals surface area (Å²) in [6, 6.07) is 7.85. The van der Waals surface area contributed by atoms with Gasteiger partial charge in [0.05, 0.1) is 12.8 Å². The molecule has 1 aliphatic rings. The lowest BCUT2D eigenvalue weighted by atomic mass is 10.0. The Labute approximate surface area is 114 Å². The van der Waals surface area contributed by atoms with Crippen LogP contribution >= 0.6 is 0 Å². The van der Waals surface area contributed by atoms with Crippen LogP contribution in [0.3, 0.4) is 0 Å². The highest BCUT2D eigenvalue weighted by atomic mass is 16.5. The largest absolute Gasteiger partial charge is 0.495 e. The Morgan fingerprint density at radius 2 is 2.21 bits per heavy atom. The quantitative estimate of drug-likeness (QED) is 0.906. The van der Waals surface area contributed by atoms with Crippen LogP contribution in [-0.4, -0.2) is 30.6 Å². The number of nitrogens with zero attached hydrogens (tertiary/aromatic N) is 1. The van der Waals surface area contributed by atoms with Crippen molar-refractivity contribution in [1.82, 2.24) is 4.90 Å². The maximum atomic E-state index is 12.4. The number of amides is 2. The number of carbonyl (C=O) groups is 1. The number of urea groups is 1. The minimum Gasteiger partial charge on any atom is -0.495 e. The molecule has 0 radical (unpaired) electrons. The maximum absolute atomic E-state index is 12.4. The summed E-state index contributed by atoms with van der Waals surface area (Å²) in [6.07, 6.45) is 4.43. The highest BCUT2D eigenvalue weighted by Crippen LogP contribution is 2.25. The van der Waals surface area contributed by atoms with Gasteiger partial charge < -0.3 is 15.0 Å². The van der Waals surface area contributed by atoms with E-state index in [-0.39, 0.29) is 6.03 Å². The van der Waals surface area contributed by atoms with E-state index in [9.17, 15) is 4.79 Å².